The van der Waals surface area contributed by atoms with E-state index >= 15 is 0 Å². The number of nitrogens with one attached hydrogen (secondary N) is 1. The van der Waals surface area contributed by atoms with Gasteiger partial charge in [-0.25, -0.2) is 4.98 Å². The van der Waals surface area contributed by atoms with Gasteiger partial charge in [-0.1, -0.05) is 35.2 Å². The molecule has 4 rings (SSSR count). The van der Waals surface area contributed by atoms with Gasteiger partial charge in [0.15, 0.2) is 10.3 Å². The van der Waals surface area contributed by atoms with Crippen LogP contribution >= 0.6 is 23.1 Å². The fourth-order valence-electron chi connectivity index (χ4n) is 3.01. The minimum atomic E-state index is -0.348. The third kappa shape index (κ3) is 3.63. The van der Waals surface area contributed by atoms with Crippen LogP contribution in [0.15, 0.2) is 47.5 Å². The molecule has 0 aliphatic carbocycles. The number of nitrogens with zero attached hydrogens (tertiary/aromatic N) is 2. The van der Waals surface area contributed by atoms with Gasteiger partial charge in [0.1, 0.15) is 5.75 Å². The van der Waals surface area contributed by atoms with Gasteiger partial charge in [-0.05, 0) is 49.2 Å². The van der Waals surface area contributed by atoms with E-state index in [-0.39, 0.29) is 17.2 Å². The smallest absolute Gasteiger partial charge is 0.257 e. The molecule has 138 valence electrons. The van der Waals surface area contributed by atoms with Gasteiger partial charge in [0, 0.05) is 11.3 Å². The van der Waals surface area contributed by atoms with Crippen LogP contribution < -0.4 is 11.1 Å². The molecule has 8 heteroatoms. The average molecular weight is 399 g/mol. The number of aromatic hydroxyl groups is 1. The molecule has 27 heavy (non-hydrogen) atoms. The van der Waals surface area contributed by atoms with Crippen LogP contribution in [0.1, 0.15) is 29.3 Å². The minimum Gasteiger partial charge on any atom is -0.508 e. The second-order valence-electron chi connectivity index (χ2n) is 6.52. The Morgan fingerprint density at radius 2 is 2.04 bits per heavy atom. The first kappa shape index (κ1) is 17.8. The summed E-state index contributed by atoms with van der Waals surface area (Å²) in [5.41, 5.74) is 7.86. The normalized spacial score (nSPS) is 19.7. The van der Waals surface area contributed by atoms with Crippen LogP contribution in [-0.4, -0.2) is 26.9 Å². The number of benzene rings is 2. The first-order valence-corrected chi connectivity index (χ1v) is 10.2. The van der Waals surface area contributed by atoms with Crippen LogP contribution in [0.25, 0.3) is 10.2 Å². The molecule has 1 aliphatic heterocycles. The maximum Gasteiger partial charge on any atom is 0.257 e. The zero-order valence-corrected chi connectivity index (χ0v) is 16.2. The van der Waals surface area contributed by atoms with E-state index in [0.29, 0.717) is 15.9 Å². The lowest BCUT2D eigenvalue weighted by Crippen LogP contribution is -2.28. The molecule has 1 aliphatic rings. The molecule has 0 bridgehead atoms. The molecule has 1 amide bonds. The van der Waals surface area contributed by atoms with Crippen LogP contribution in [0.2, 0.25) is 0 Å². The Morgan fingerprint density at radius 3 is 2.78 bits per heavy atom. The number of thiazole rings is 1. The van der Waals surface area contributed by atoms with Crippen molar-refractivity contribution in [1.82, 2.24) is 4.98 Å². The maximum atomic E-state index is 12.5. The number of carbonyl (C=O) groups excluding carboxylic acids is 1. The van der Waals surface area contributed by atoms with Crippen molar-refractivity contribution < 1.29 is 9.90 Å². The van der Waals surface area contributed by atoms with Gasteiger partial charge in [-0.2, -0.15) is 0 Å². The Hall–Kier alpha value is -2.58. The Kier molecular flexibility index (Phi) is 4.53. The summed E-state index contributed by atoms with van der Waals surface area (Å²) in [5.74, 6) is 0.885. The standard InChI is InChI=1S/C19H18N4O2S2/c1-19(8-9-26-17(20)23-19)12-4-2-11(3-5-12)16(25)22-18-21-14-7-6-13(24)10-15(14)27-18/h2-7,10,24H,8-9H2,1H3,(H2,20,23)(H,21,22,25). The van der Waals surface area contributed by atoms with E-state index in [1.807, 2.05) is 12.1 Å². The summed E-state index contributed by atoms with van der Waals surface area (Å²) in [6, 6.07) is 12.4. The number of hydrogen-bond donors (Lipinski definition) is 3. The molecule has 6 nitrogen and oxygen atoms in total. The first-order valence-electron chi connectivity index (χ1n) is 8.42. The van der Waals surface area contributed by atoms with Crippen LogP contribution in [-0.2, 0) is 5.54 Å². The van der Waals surface area contributed by atoms with Gasteiger partial charge in [-0.3, -0.25) is 15.1 Å². The lowest BCUT2D eigenvalue weighted by atomic mass is 9.89. The molecule has 3 aromatic rings. The third-order valence-corrected chi connectivity index (χ3v) is 6.29. The lowest BCUT2D eigenvalue weighted by Gasteiger charge is -2.29. The van der Waals surface area contributed by atoms with Crippen LogP contribution in [0, 0.1) is 0 Å². The fraction of sp³-hybridized carbons (Fsp3) is 0.211. The molecule has 4 N–H and O–H groups in total. The van der Waals surface area contributed by atoms with Crippen LogP contribution in [0.5, 0.6) is 5.75 Å². The molecule has 2 aromatic carbocycles. The van der Waals surface area contributed by atoms with Crippen molar-refractivity contribution >= 4 is 49.5 Å². The number of phenols is 1. The zero-order chi connectivity index (χ0) is 19.0. The monoisotopic (exact) mass is 398 g/mol. The van der Waals surface area contributed by atoms with Crippen molar-refractivity contribution in [2.24, 2.45) is 10.7 Å². The Balaban J connectivity index is 1.53. The minimum absolute atomic E-state index is 0.178. The summed E-state index contributed by atoms with van der Waals surface area (Å²) >= 11 is 2.89. The zero-order valence-electron chi connectivity index (χ0n) is 14.6. The summed E-state index contributed by atoms with van der Waals surface area (Å²) in [4.78, 5) is 21.5. The lowest BCUT2D eigenvalue weighted by molar-refractivity contribution is 0.102. The summed E-state index contributed by atoms with van der Waals surface area (Å²) < 4.78 is 0.819. The number of aromatic nitrogens is 1. The number of aliphatic imine (C=N–C) groups is 1. The van der Waals surface area contributed by atoms with E-state index in [1.165, 1.54) is 11.3 Å². The molecule has 0 saturated carbocycles. The molecule has 1 unspecified atom stereocenters. The van der Waals surface area contributed by atoms with Gasteiger partial charge in [0.25, 0.3) is 5.91 Å². The van der Waals surface area contributed by atoms with Crippen molar-refractivity contribution in [2.75, 3.05) is 11.1 Å². The molecule has 0 fully saturated rings. The molecule has 0 saturated heterocycles. The highest BCUT2D eigenvalue weighted by Gasteiger charge is 2.29. The van der Waals surface area contributed by atoms with E-state index in [4.69, 9.17) is 5.73 Å². The van der Waals surface area contributed by atoms with Crippen molar-refractivity contribution in [3.8, 4) is 5.75 Å². The van der Waals surface area contributed by atoms with Gasteiger partial charge in [0.05, 0.1) is 15.8 Å². The summed E-state index contributed by atoms with van der Waals surface area (Å²) in [6.45, 7) is 2.06. The van der Waals surface area contributed by atoms with Crippen molar-refractivity contribution in [3.05, 3.63) is 53.6 Å². The van der Waals surface area contributed by atoms with Crippen molar-refractivity contribution in [2.45, 2.75) is 18.9 Å². The van der Waals surface area contributed by atoms with Crippen molar-refractivity contribution in [3.63, 3.8) is 0 Å². The van der Waals surface area contributed by atoms with E-state index in [0.717, 1.165) is 28.0 Å². The SMILES string of the molecule is CC1(c2ccc(C(=O)Nc3nc4ccc(O)cc4s3)cc2)CCSC(N)=N1. The average Bonchev–Trinajstić information content (AvgIpc) is 3.03. The van der Waals surface area contributed by atoms with Gasteiger partial charge in [0.2, 0.25) is 0 Å². The molecule has 1 atom stereocenters. The van der Waals surface area contributed by atoms with E-state index in [1.54, 1.807) is 42.1 Å². The fourth-order valence-corrected chi connectivity index (χ4v) is 4.88. The predicted molar refractivity (Wildman–Crippen MR) is 112 cm³/mol. The van der Waals surface area contributed by atoms with E-state index in [9.17, 15) is 9.90 Å². The summed E-state index contributed by atoms with van der Waals surface area (Å²) in [5, 5.41) is 13.5. The number of amidine groups is 1. The Bertz CT molecular complexity index is 1050. The molecule has 0 radical (unpaired) electrons. The maximum absolute atomic E-state index is 12.5. The molecular formula is C19H18N4O2S2. The Morgan fingerprint density at radius 1 is 1.26 bits per heavy atom. The second-order valence-corrected chi connectivity index (χ2v) is 8.67. The molecule has 1 aromatic heterocycles. The van der Waals surface area contributed by atoms with Gasteiger partial charge >= 0.3 is 0 Å². The summed E-state index contributed by atoms with van der Waals surface area (Å²) in [7, 11) is 0. The number of rotatable bonds is 3. The Labute approximate surface area is 164 Å². The first-order chi connectivity index (χ1) is 12.9. The van der Waals surface area contributed by atoms with E-state index in [2.05, 4.69) is 22.2 Å². The number of fused-ring (bicyclic) bond motifs is 1. The molecule has 2 heterocycles. The highest BCUT2D eigenvalue weighted by atomic mass is 32.2. The van der Waals surface area contributed by atoms with Crippen molar-refractivity contribution in [1.29, 1.82) is 0 Å². The number of amides is 1. The summed E-state index contributed by atoms with van der Waals surface area (Å²) in [6.07, 6.45) is 0.905. The number of carbonyl (C=O) groups is 1. The highest BCUT2D eigenvalue weighted by molar-refractivity contribution is 8.13. The molecule has 0 spiro atoms. The topological polar surface area (TPSA) is 101 Å². The number of thioether (sulfide) groups is 1. The number of anilines is 1. The number of hydrogen-bond acceptors (Lipinski definition) is 7. The second kappa shape index (κ2) is 6.86. The van der Waals surface area contributed by atoms with E-state index < -0.39 is 0 Å². The highest BCUT2D eigenvalue weighted by Crippen LogP contribution is 2.35. The predicted octanol–water partition coefficient (Wildman–Crippen LogP) is 3.92. The van der Waals surface area contributed by atoms with Gasteiger partial charge in [-0.15, -0.1) is 0 Å². The van der Waals surface area contributed by atoms with Crippen LogP contribution in [0.3, 0.4) is 0 Å². The van der Waals surface area contributed by atoms with Crippen LogP contribution in [0.4, 0.5) is 5.13 Å². The number of nitrogens with two attached hydrogens (primary N) is 1. The largest absolute Gasteiger partial charge is 0.508 e. The number of phenolic OH excluding ortho intramolecular Hbond substituents is 1. The van der Waals surface area contributed by atoms with Gasteiger partial charge < -0.3 is 10.8 Å². The molecular weight excluding hydrogens is 380 g/mol. The third-order valence-electron chi connectivity index (χ3n) is 4.56. The quantitative estimate of drug-likeness (QED) is 0.621.